The van der Waals surface area contributed by atoms with Crippen LogP contribution in [0.15, 0.2) is 36.7 Å². The molecule has 0 bridgehead atoms. The first-order valence-corrected chi connectivity index (χ1v) is 12.5. The number of nitrogens with zero attached hydrogens (tertiary/aromatic N) is 5. The van der Waals surface area contributed by atoms with E-state index in [2.05, 4.69) is 36.8 Å². The molecule has 0 saturated heterocycles. The number of aromatic nitrogens is 6. The Morgan fingerprint density at radius 1 is 1.14 bits per heavy atom. The van der Waals surface area contributed by atoms with Gasteiger partial charge < -0.3 is 9.88 Å². The third-order valence-electron chi connectivity index (χ3n) is 7.75. The molecule has 188 valence electrons. The first-order valence-electron chi connectivity index (χ1n) is 12.5. The molecule has 3 heterocycles. The maximum atomic E-state index is 13.8. The fraction of sp³-hybridized carbons (Fsp3) is 0.462. The average molecular weight is 496 g/mol. The molecule has 10 heteroatoms. The minimum absolute atomic E-state index is 0.0750. The molecule has 2 N–H and O–H groups in total. The molecule has 1 aromatic carbocycles. The van der Waals surface area contributed by atoms with Gasteiger partial charge in [-0.3, -0.25) is 5.10 Å². The molecule has 4 aromatic rings. The van der Waals surface area contributed by atoms with Gasteiger partial charge in [0.25, 0.3) is 0 Å². The normalized spacial score (nSPS) is 17.8. The summed E-state index contributed by atoms with van der Waals surface area (Å²) in [6, 6.07) is 9.38. The van der Waals surface area contributed by atoms with E-state index in [1.807, 2.05) is 29.8 Å². The van der Waals surface area contributed by atoms with Crippen LogP contribution in [0.3, 0.4) is 0 Å². The SMILES string of the molecule is Cn1cnnc1[C@@H](c1cccc(-c2n[nH]c3c(CNC4CCC4)nc(C(F)(F)F)cc23)c1)C1CCC1. The van der Waals surface area contributed by atoms with Crippen molar-refractivity contribution < 1.29 is 13.2 Å². The Morgan fingerprint density at radius 3 is 2.58 bits per heavy atom. The molecule has 2 fully saturated rings. The standard InChI is InChI=1S/C26H28F3N7/c1-36-14-31-35-25(36)22(15-5-2-6-15)16-7-3-8-17(11-16)23-19-12-21(26(27,28)29)32-20(24(19)34-33-23)13-30-18-9-4-10-18/h3,7-8,11-12,14-15,18,22,30H,2,4-6,9-10,13H2,1H3,(H,33,34)/t22-/m1/s1. The van der Waals surface area contributed by atoms with Crippen molar-refractivity contribution in [2.75, 3.05) is 0 Å². The third-order valence-corrected chi connectivity index (χ3v) is 7.75. The lowest BCUT2D eigenvalue weighted by Crippen LogP contribution is -2.34. The second-order valence-corrected chi connectivity index (χ2v) is 10.0. The van der Waals surface area contributed by atoms with Gasteiger partial charge in [-0.25, -0.2) is 4.98 Å². The number of H-pyrrole nitrogens is 1. The Kier molecular flexibility index (Phi) is 5.78. The summed E-state index contributed by atoms with van der Waals surface area (Å²) in [6.45, 7) is 0.267. The van der Waals surface area contributed by atoms with Crippen LogP contribution in [0.1, 0.15) is 67.2 Å². The van der Waals surface area contributed by atoms with Crippen molar-refractivity contribution in [2.45, 2.75) is 63.2 Å². The Hall–Kier alpha value is -3.27. The van der Waals surface area contributed by atoms with Gasteiger partial charge >= 0.3 is 6.18 Å². The largest absolute Gasteiger partial charge is 0.433 e. The minimum Gasteiger partial charge on any atom is -0.320 e. The second-order valence-electron chi connectivity index (χ2n) is 10.0. The number of aromatic amines is 1. The van der Waals surface area contributed by atoms with Crippen LogP contribution in [-0.2, 0) is 19.8 Å². The molecular weight excluding hydrogens is 467 g/mol. The van der Waals surface area contributed by atoms with Gasteiger partial charge in [-0.2, -0.15) is 18.3 Å². The number of halogens is 3. The number of fused-ring (bicyclic) bond motifs is 1. The summed E-state index contributed by atoms with van der Waals surface area (Å²) in [5, 5.41) is 19.7. The number of hydrogen-bond acceptors (Lipinski definition) is 5. The van der Waals surface area contributed by atoms with Crippen LogP contribution in [0, 0.1) is 5.92 Å². The van der Waals surface area contributed by atoms with Crippen LogP contribution in [-0.4, -0.2) is 36.0 Å². The van der Waals surface area contributed by atoms with Crippen molar-refractivity contribution in [2.24, 2.45) is 13.0 Å². The summed E-state index contributed by atoms with van der Waals surface area (Å²) in [6.07, 6.45) is 3.80. The van der Waals surface area contributed by atoms with Crippen molar-refractivity contribution in [3.8, 4) is 11.3 Å². The summed E-state index contributed by atoms with van der Waals surface area (Å²) < 4.78 is 43.3. The molecule has 0 unspecified atom stereocenters. The summed E-state index contributed by atoms with van der Waals surface area (Å²) in [4.78, 5) is 3.96. The predicted molar refractivity (Wildman–Crippen MR) is 129 cm³/mol. The number of rotatable bonds is 7. The van der Waals surface area contributed by atoms with Gasteiger partial charge in [-0.15, -0.1) is 10.2 Å². The van der Waals surface area contributed by atoms with Crippen molar-refractivity contribution >= 4 is 10.9 Å². The molecule has 0 spiro atoms. The van der Waals surface area contributed by atoms with E-state index in [-0.39, 0.29) is 12.5 Å². The van der Waals surface area contributed by atoms with Gasteiger partial charge in [0.2, 0.25) is 0 Å². The third kappa shape index (κ3) is 4.17. The van der Waals surface area contributed by atoms with Crippen molar-refractivity contribution in [3.63, 3.8) is 0 Å². The van der Waals surface area contributed by atoms with Crippen molar-refractivity contribution in [1.82, 2.24) is 35.3 Å². The zero-order valence-electron chi connectivity index (χ0n) is 20.0. The average Bonchev–Trinajstić information content (AvgIpc) is 3.40. The van der Waals surface area contributed by atoms with E-state index in [1.54, 1.807) is 6.33 Å². The Morgan fingerprint density at radius 2 is 1.94 bits per heavy atom. The molecule has 1 atom stereocenters. The van der Waals surface area contributed by atoms with Crippen molar-refractivity contribution in [3.05, 3.63) is 59.4 Å². The van der Waals surface area contributed by atoms with Gasteiger partial charge in [-0.1, -0.05) is 31.0 Å². The predicted octanol–water partition coefficient (Wildman–Crippen LogP) is 5.35. The molecule has 6 rings (SSSR count). The highest BCUT2D eigenvalue weighted by atomic mass is 19.4. The summed E-state index contributed by atoms with van der Waals surface area (Å²) in [5.41, 5.74) is 2.32. The molecule has 2 aliphatic carbocycles. The molecule has 2 aliphatic rings. The van der Waals surface area contributed by atoms with E-state index in [0.29, 0.717) is 34.3 Å². The van der Waals surface area contributed by atoms with E-state index in [4.69, 9.17) is 0 Å². The quantitative estimate of drug-likeness (QED) is 0.361. The molecular formula is C26H28F3N7. The zero-order chi connectivity index (χ0) is 24.9. The Balaban J connectivity index is 1.42. The summed E-state index contributed by atoms with van der Waals surface area (Å²) >= 11 is 0. The molecule has 0 aliphatic heterocycles. The van der Waals surface area contributed by atoms with Crippen LogP contribution in [0.2, 0.25) is 0 Å². The maximum absolute atomic E-state index is 13.8. The molecule has 7 nitrogen and oxygen atoms in total. The summed E-state index contributed by atoms with van der Waals surface area (Å²) in [7, 11) is 1.94. The number of alkyl halides is 3. The minimum atomic E-state index is -4.55. The molecule has 0 amide bonds. The van der Waals surface area contributed by atoms with Gasteiger partial charge in [0.1, 0.15) is 23.5 Å². The lowest BCUT2D eigenvalue weighted by molar-refractivity contribution is -0.141. The zero-order valence-corrected chi connectivity index (χ0v) is 20.0. The highest BCUT2D eigenvalue weighted by Crippen LogP contribution is 2.43. The number of aryl methyl sites for hydroxylation is 1. The van der Waals surface area contributed by atoms with Crippen LogP contribution < -0.4 is 5.32 Å². The first-order chi connectivity index (χ1) is 17.4. The molecule has 0 radical (unpaired) electrons. The topological polar surface area (TPSA) is 84.3 Å². The van der Waals surface area contributed by atoms with Crippen LogP contribution in [0.4, 0.5) is 13.2 Å². The van der Waals surface area contributed by atoms with Crippen LogP contribution in [0.25, 0.3) is 22.2 Å². The fourth-order valence-corrected chi connectivity index (χ4v) is 5.29. The van der Waals surface area contributed by atoms with E-state index in [1.165, 1.54) is 6.42 Å². The molecule has 2 saturated carbocycles. The summed E-state index contributed by atoms with van der Waals surface area (Å²) in [5.74, 6) is 1.44. The highest BCUT2D eigenvalue weighted by Gasteiger charge is 2.35. The van der Waals surface area contributed by atoms with E-state index >= 15 is 0 Å². The van der Waals surface area contributed by atoms with Gasteiger partial charge in [0, 0.05) is 36.5 Å². The molecule has 3 aromatic heterocycles. The van der Waals surface area contributed by atoms with E-state index in [0.717, 1.165) is 55.1 Å². The number of benzene rings is 1. The van der Waals surface area contributed by atoms with Gasteiger partial charge in [0.15, 0.2) is 0 Å². The van der Waals surface area contributed by atoms with E-state index in [9.17, 15) is 13.2 Å². The fourth-order valence-electron chi connectivity index (χ4n) is 5.29. The first kappa shape index (κ1) is 23.1. The highest BCUT2D eigenvalue weighted by molar-refractivity contribution is 5.94. The lowest BCUT2D eigenvalue weighted by Gasteiger charge is -2.33. The van der Waals surface area contributed by atoms with Crippen molar-refractivity contribution in [1.29, 1.82) is 0 Å². The second kappa shape index (κ2) is 8.99. The van der Waals surface area contributed by atoms with Gasteiger partial charge in [-0.05, 0) is 49.3 Å². The van der Waals surface area contributed by atoms with Crippen LogP contribution in [0.5, 0.6) is 0 Å². The number of nitrogens with one attached hydrogen (secondary N) is 2. The Labute approximate surface area is 206 Å². The van der Waals surface area contributed by atoms with Crippen LogP contribution >= 0.6 is 0 Å². The molecule has 36 heavy (non-hydrogen) atoms. The number of hydrogen-bond donors (Lipinski definition) is 2. The lowest BCUT2D eigenvalue weighted by atomic mass is 9.72. The monoisotopic (exact) mass is 495 g/mol. The van der Waals surface area contributed by atoms with E-state index < -0.39 is 11.9 Å². The Bertz CT molecular complexity index is 1380. The number of pyridine rings is 1. The van der Waals surface area contributed by atoms with Gasteiger partial charge in [0.05, 0.1) is 11.2 Å². The smallest absolute Gasteiger partial charge is 0.320 e. The maximum Gasteiger partial charge on any atom is 0.433 e.